The normalized spacial score (nSPS) is 10.1. The van der Waals surface area contributed by atoms with Crippen LogP contribution >= 0.6 is 22.7 Å². The Morgan fingerprint density at radius 2 is 1.36 bits per heavy atom. The molecule has 0 atom stereocenters. The first-order chi connectivity index (χ1) is 6.79. The summed E-state index contributed by atoms with van der Waals surface area (Å²) in [7, 11) is 3.94. The summed E-state index contributed by atoms with van der Waals surface area (Å²) >= 11 is 3.21. The first kappa shape index (κ1) is 9.42. The Balaban J connectivity index is 2.16. The van der Waals surface area contributed by atoms with Gasteiger partial charge in [0.25, 0.3) is 0 Å². The summed E-state index contributed by atoms with van der Waals surface area (Å²) < 4.78 is 0. The quantitative estimate of drug-likeness (QED) is 0.750. The zero-order valence-electron chi connectivity index (χ0n) is 7.91. The van der Waals surface area contributed by atoms with Crippen LogP contribution in [0.5, 0.6) is 0 Å². The molecule has 0 N–H and O–H groups in total. The molecule has 6 heteroatoms. The van der Waals surface area contributed by atoms with Crippen molar-refractivity contribution in [2.75, 3.05) is 24.1 Å². The minimum Gasteiger partial charge on any atom is -0.261 e. The third-order valence-corrected chi connectivity index (χ3v) is 3.52. The number of thiazole rings is 2. The van der Waals surface area contributed by atoms with E-state index in [1.54, 1.807) is 35.1 Å². The fraction of sp³-hybridized carbons (Fsp3) is 0.250. The molecule has 2 aromatic heterocycles. The third kappa shape index (κ3) is 1.71. The molecule has 74 valence electrons. The smallest absolute Gasteiger partial charge is 0.204 e. The van der Waals surface area contributed by atoms with Gasteiger partial charge < -0.3 is 0 Å². The molecule has 2 rings (SSSR count). The van der Waals surface area contributed by atoms with Gasteiger partial charge in [-0.15, -0.1) is 22.7 Å². The lowest BCUT2D eigenvalue weighted by Crippen LogP contribution is -2.36. The average Bonchev–Trinajstić information content (AvgIpc) is 2.87. The highest BCUT2D eigenvalue weighted by Crippen LogP contribution is 2.22. The van der Waals surface area contributed by atoms with Crippen LogP contribution in [0.15, 0.2) is 23.2 Å². The second-order valence-electron chi connectivity index (χ2n) is 2.68. The van der Waals surface area contributed by atoms with Gasteiger partial charge in [0, 0.05) is 37.2 Å². The largest absolute Gasteiger partial charge is 0.261 e. The highest BCUT2D eigenvalue weighted by Gasteiger charge is 2.11. The van der Waals surface area contributed by atoms with E-state index in [1.807, 2.05) is 34.9 Å². The summed E-state index contributed by atoms with van der Waals surface area (Å²) in [5.74, 6) is 0. The second-order valence-corrected chi connectivity index (χ2v) is 4.42. The highest BCUT2D eigenvalue weighted by molar-refractivity contribution is 7.14. The van der Waals surface area contributed by atoms with E-state index in [2.05, 4.69) is 9.97 Å². The van der Waals surface area contributed by atoms with Crippen molar-refractivity contribution in [1.82, 2.24) is 9.97 Å². The molecule has 2 heterocycles. The van der Waals surface area contributed by atoms with Crippen molar-refractivity contribution in [3.8, 4) is 0 Å². The molecule has 0 radical (unpaired) electrons. The molecule has 0 aromatic carbocycles. The molecule has 0 unspecified atom stereocenters. The van der Waals surface area contributed by atoms with Crippen LogP contribution in [0.3, 0.4) is 0 Å². The van der Waals surface area contributed by atoms with E-state index in [4.69, 9.17) is 0 Å². The standard InChI is InChI=1S/C8H10N4S2/c1-11(7-9-3-5-13-7)12(2)8-10-4-6-14-8/h3-6H,1-2H3. The van der Waals surface area contributed by atoms with E-state index in [0.717, 1.165) is 10.3 Å². The average molecular weight is 226 g/mol. The van der Waals surface area contributed by atoms with Crippen molar-refractivity contribution in [3.05, 3.63) is 23.2 Å². The maximum Gasteiger partial charge on any atom is 0.204 e. The number of rotatable bonds is 3. The number of hydrazine groups is 1. The maximum atomic E-state index is 4.23. The molecule has 0 aliphatic rings. The van der Waals surface area contributed by atoms with Gasteiger partial charge in [-0.1, -0.05) is 0 Å². The van der Waals surface area contributed by atoms with Crippen LogP contribution in [0, 0.1) is 0 Å². The van der Waals surface area contributed by atoms with Gasteiger partial charge in [-0.05, 0) is 0 Å². The van der Waals surface area contributed by atoms with Gasteiger partial charge in [0.15, 0.2) is 0 Å². The number of hydrogen-bond donors (Lipinski definition) is 0. The van der Waals surface area contributed by atoms with E-state index in [-0.39, 0.29) is 0 Å². The molecule has 4 nitrogen and oxygen atoms in total. The molecule has 0 fully saturated rings. The van der Waals surface area contributed by atoms with Crippen LogP contribution in [-0.2, 0) is 0 Å². The van der Waals surface area contributed by atoms with E-state index >= 15 is 0 Å². The molecular formula is C8H10N4S2. The summed E-state index contributed by atoms with van der Waals surface area (Å²) in [5.41, 5.74) is 0. The van der Waals surface area contributed by atoms with Crippen LogP contribution < -0.4 is 10.0 Å². The van der Waals surface area contributed by atoms with Crippen molar-refractivity contribution in [2.24, 2.45) is 0 Å². The van der Waals surface area contributed by atoms with Crippen molar-refractivity contribution in [2.45, 2.75) is 0 Å². The lowest BCUT2D eigenvalue weighted by molar-refractivity contribution is 0.877. The van der Waals surface area contributed by atoms with Crippen LogP contribution in [0.2, 0.25) is 0 Å². The molecule has 0 saturated heterocycles. The minimum absolute atomic E-state index is 0.961. The van der Waals surface area contributed by atoms with E-state index in [0.29, 0.717) is 0 Å². The molecule has 14 heavy (non-hydrogen) atoms. The van der Waals surface area contributed by atoms with Crippen LogP contribution in [-0.4, -0.2) is 24.1 Å². The Morgan fingerprint density at radius 3 is 1.64 bits per heavy atom. The Morgan fingerprint density at radius 1 is 0.929 bits per heavy atom. The second kappa shape index (κ2) is 3.93. The molecule has 0 spiro atoms. The maximum absolute atomic E-state index is 4.23. The van der Waals surface area contributed by atoms with Gasteiger partial charge in [0.05, 0.1) is 0 Å². The summed E-state index contributed by atoms with van der Waals surface area (Å²) in [6.07, 6.45) is 3.60. The summed E-state index contributed by atoms with van der Waals surface area (Å²) in [5, 5.41) is 9.79. The van der Waals surface area contributed by atoms with E-state index in [9.17, 15) is 0 Å². The van der Waals surface area contributed by atoms with Crippen molar-refractivity contribution >= 4 is 32.9 Å². The number of hydrogen-bond acceptors (Lipinski definition) is 6. The topological polar surface area (TPSA) is 32.3 Å². The Hall–Kier alpha value is -1.14. The fourth-order valence-corrected chi connectivity index (χ4v) is 2.29. The van der Waals surface area contributed by atoms with Crippen LogP contribution in [0.25, 0.3) is 0 Å². The van der Waals surface area contributed by atoms with Gasteiger partial charge in [-0.3, -0.25) is 10.0 Å². The Kier molecular flexibility index (Phi) is 2.64. The van der Waals surface area contributed by atoms with Gasteiger partial charge in [0.2, 0.25) is 10.3 Å². The van der Waals surface area contributed by atoms with Crippen molar-refractivity contribution in [3.63, 3.8) is 0 Å². The SMILES string of the molecule is CN(c1nccs1)N(C)c1nccs1. The molecule has 0 saturated carbocycles. The van der Waals surface area contributed by atoms with Crippen LogP contribution in [0.4, 0.5) is 10.3 Å². The highest BCUT2D eigenvalue weighted by atomic mass is 32.1. The van der Waals surface area contributed by atoms with Crippen LogP contribution in [0.1, 0.15) is 0 Å². The minimum atomic E-state index is 0.961. The van der Waals surface area contributed by atoms with E-state index < -0.39 is 0 Å². The summed E-state index contributed by atoms with van der Waals surface area (Å²) in [4.78, 5) is 8.45. The third-order valence-electron chi connectivity index (χ3n) is 1.84. The molecule has 2 aromatic rings. The summed E-state index contributed by atoms with van der Waals surface area (Å²) in [6, 6.07) is 0. The van der Waals surface area contributed by atoms with Crippen molar-refractivity contribution < 1.29 is 0 Å². The number of aromatic nitrogens is 2. The van der Waals surface area contributed by atoms with Crippen molar-refractivity contribution in [1.29, 1.82) is 0 Å². The lowest BCUT2D eigenvalue weighted by Gasteiger charge is -2.26. The van der Waals surface area contributed by atoms with Gasteiger partial charge in [0.1, 0.15) is 0 Å². The molecule has 0 aliphatic heterocycles. The zero-order chi connectivity index (χ0) is 9.97. The predicted octanol–water partition coefficient (Wildman–Crippen LogP) is 2.09. The molecule has 0 bridgehead atoms. The lowest BCUT2D eigenvalue weighted by atomic mass is 10.9. The fourth-order valence-electron chi connectivity index (χ4n) is 1.01. The number of nitrogens with zero attached hydrogens (tertiary/aromatic N) is 4. The predicted molar refractivity (Wildman–Crippen MR) is 61.0 cm³/mol. The first-order valence-electron chi connectivity index (χ1n) is 4.05. The Labute approximate surface area is 90.4 Å². The first-order valence-corrected chi connectivity index (χ1v) is 5.81. The van der Waals surface area contributed by atoms with Gasteiger partial charge >= 0.3 is 0 Å². The molecule has 0 amide bonds. The van der Waals surface area contributed by atoms with E-state index in [1.165, 1.54) is 0 Å². The number of anilines is 2. The van der Waals surface area contributed by atoms with Gasteiger partial charge in [-0.2, -0.15) is 0 Å². The monoisotopic (exact) mass is 226 g/mol. The molecule has 0 aliphatic carbocycles. The molecular weight excluding hydrogens is 216 g/mol. The Bertz CT molecular complexity index is 332. The van der Waals surface area contributed by atoms with Gasteiger partial charge in [-0.25, -0.2) is 9.97 Å². The summed E-state index contributed by atoms with van der Waals surface area (Å²) in [6.45, 7) is 0. The zero-order valence-corrected chi connectivity index (χ0v) is 9.55.